The highest BCUT2D eigenvalue weighted by Gasteiger charge is 2.27. The van der Waals surface area contributed by atoms with E-state index in [4.69, 9.17) is 10.5 Å². The van der Waals surface area contributed by atoms with Crippen LogP contribution in [0.15, 0.2) is 0 Å². The van der Waals surface area contributed by atoms with Crippen LogP contribution in [-0.4, -0.2) is 35.6 Å². The highest BCUT2D eigenvalue weighted by atomic mass is 32.1. The van der Waals surface area contributed by atoms with Crippen LogP contribution in [0, 0.1) is 0 Å². The highest BCUT2D eigenvalue weighted by Crippen LogP contribution is 2.28. The SMILES string of the molecule is CCOC(C)CNc1snc(N)c1C(=O)NC1CC1. The van der Waals surface area contributed by atoms with E-state index in [9.17, 15) is 4.79 Å². The van der Waals surface area contributed by atoms with Gasteiger partial charge < -0.3 is 21.1 Å². The minimum absolute atomic E-state index is 0.0765. The number of nitrogen functional groups attached to an aromatic ring is 1. The molecule has 0 bridgehead atoms. The summed E-state index contributed by atoms with van der Waals surface area (Å²) in [6.45, 7) is 5.22. The third kappa shape index (κ3) is 3.81. The number of anilines is 2. The zero-order valence-corrected chi connectivity index (χ0v) is 12.0. The molecule has 1 fully saturated rings. The summed E-state index contributed by atoms with van der Waals surface area (Å²) in [6, 6.07) is 0.307. The summed E-state index contributed by atoms with van der Waals surface area (Å²) in [5.74, 6) is 0.148. The van der Waals surface area contributed by atoms with Gasteiger partial charge in [0.1, 0.15) is 10.6 Å². The molecular weight excluding hydrogens is 264 g/mol. The number of rotatable bonds is 7. The van der Waals surface area contributed by atoms with E-state index < -0.39 is 0 Å². The Bertz CT molecular complexity index is 445. The highest BCUT2D eigenvalue weighted by molar-refractivity contribution is 7.11. The Balaban J connectivity index is 1.97. The summed E-state index contributed by atoms with van der Waals surface area (Å²) in [5.41, 5.74) is 6.23. The lowest BCUT2D eigenvalue weighted by molar-refractivity contribution is 0.0854. The molecule has 0 aromatic carbocycles. The van der Waals surface area contributed by atoms with E-state index in [1.54, 1.807) is 0 Å². The van der Waals surface area contributed by atoms with Gasteiger partial charge in [-0.15, -0.1) is 0 Å². The van der Waals surface area contributed by atoms with Gasteiger partial charge in [-0.2, -0.15) is 4.37 Å². The fraction of sp³-hybridized carbons (Fsp3) is 0.667. The lowest BCUT2D eigenvalue weighted by atomic mass is 10.2. The molecule has 2 rings (SSSR count). The lowest BCUT2D eigenvalue weighted by Gasteiger charge is -2.13. The van der Waals surface area contributed by atoms with Crippen LogP contribution in [0.25, 0.3) is 0 Å². The summed E-state index contributed by atoms with van der Waals surface area (Å²) < 4.78 is 9.48. The van der Waals surface area contributed by atoms with E-state index >= 15 is 0 Å². The molecule has 6 nitrogen and oxygen atoms in total. The molecule has 0 saturated heterocycles. The van der Waals surface area contributed by atoms with Crippen molar-refractivity contribution < 1.29 is 9.53 Å². The molecule has 1 unspecified atom stereocenters. The maximum atomic E-state index is 12.1. The number of hydrogen-bond donors (Lipinski definition) is 3. The minimum Gasteiger partial charge on any atom is -0.382 e. The van der Waals surface area contributed by atoms with Crippen LogP contribution in [0.4, 0.5) is 10.8 Å². The molecule has 1 aliphatic rings. The van der Waals surface area contributed by atoms with E-state index in [0.717, 1.165) is 12.8 Å². The second-order valence-electron chi connectivity index (χ2n) is 4.67. The maximum Gasteiger partial charge on any atom is 0.258 e. The molecule has 1 heterocycles. The molecule has 7 heteroatoms. The van der Waals surface area contributed by atoms with E-state index in [0.29, 0.717) is 29.8 Å². The molecule has 0 aliphatic heterocycles. The number of carbonyl (C=O) groups excluding carboxylic acids is 1. The monoisotopic (exact) mass is 284 g/mol. The molecule has 0 radical (unpaired) electrons. The second-order valence-corrected chi connectivity index (χ2v) is 5.44. The standard InChI is InChI=1S/C12H20N4O2S/c1-3-18-7(2)6-14-12-9(10(13)16-19-12)11(17)15-8-4-5-8/h7-8,14H,3-6H2,1-2H3,(H2,13,16)(H,15,17). The van der Waals surface area contributed by atoms with Gasteiger partial charge >= 0.3 is 0 Å². The molecule has 4 N–H and O–H groups in total. The predicted molar refractivity (Wildman–Crippen MR) is 76.6 cm³/mol. The van der Waals surface area contributed by atoms with Crippen LogP contribution in [0.1, 0.15) is 37.0 Å². The van der Waals surface area contributed by atoms with Gasteiger partial charge in [-0.25, -0.2) is 0 Å². The summed E-state index contributed by atoms with van der Waals surface area (Å²) in [5, 5.41) is 6.82. The summed E-state index contributed by atoms with van der Waals surface area (Å²) >= 11 is 1.21. The Morgan fingerprint density at radius 2 is 2.37 bits per heavy atom. The van der Waals surface area contributed by atoms with Crippen LogP contribution in [0.5, 0.6) is 0 Å². The molecule has 1 aromatic heterocycles. The molecule has 1 aromatic rings. The number of aromatic nitrogens is 1. The molecule has 1 atom stereocenters. The van der Waals surface area contributed by atoms with Crippen LogP contribution in [-0.2, 0) is 4.74 Å². The van der Waals surface area contributed by atoms with E-state index in [1.165, 1.54) is 11.5 Å². The first-order valence-corrected chi connectivity index (χ1v) is 7.30. The van der Waals surface area contributed by atoms with Gasteiger partial charge in [0.25, 0.3) is 5.91 Å². The number of nitrogens with two attached hydrogens (primary N) is 1. The smallest absolute Gasteiger partial charge is 0.258 e. The van der Waals surface area contributed by atoms with Crippen LogP contribution in [0.2, 0.25) is 0 Å². The van der Waals surface area contributed by atoms with Gasteiger partial charge in [0.05, 0.1) is 6.10 Å². The van der Waals surface area contributed by atoms with Crippen molar-refractivity contribution in [3.05, 3.63) is 5.56 Å². The number of nitrogens with zero attached hydrogens (tertiary/aromatic N) is 1. The van der Waals surface area contributed by atoms with Crippen molar-refractivity contribution in [2.24, 2.45) is 0 Å². The van der Waals surface area contributed by atoms with Crippen LogP contribution in [0.3, 0.4) is 0 Å². The van der Waals surface area contributed by atoms with E-state index in [1.807, 2.05) is 13.8 Å². The van der Waals surface area contributed by atoms with Gasteiger partial charge in [0, 0.05) is 19.2 Å². The Labute approximate surface area is 116 Å². The topological polar surface area (TPSA) is 89.3 Å². The second kappa shape index (κ2) is 6.21. The van der Waals surface area contributed by atoms with Crippen molar-refractivity contribution in [3.8, 4) is 0 Å². The first kappa shape index (κ1) is 14.1. The van der Waals surface area contributed by atoms with Crippen molar-refractivity contribution in [1.82, 2.24) is 9.69 Å². The van der Waals surface area contributed by atoms with Gasteiger partial charge in [-0.3, -0.25) is 4.79 Å². The fourth-order valence-electron chi connectivity index (χ4n) is 1.71. The zero-order valence-electron chi connectivity index (χ0n) is 11.2. The van der Waals surface area contributed by atoms with Crippen molar-refractivity contribution in [2.45, 2.75) is 38.8 Å². The van der Waals surface area contributed by atoms with Gasteiger partial charge in [-0.1, -0.05) is 0 Å². The number of nitrogens with one attached hydrogen (secondary N) is 2. The van der Waals surface area contributed by atoms with Crippen molar-refractivity contribution in [3.63, 3.8) is 0 Å². The number of hydrogen-bond acceptors (Lipinski definition) is 6. The third-order valence-corrected chi connectivity index (χ3v) is 3.68. The Hall–Kier alpha value is -1.34. The summed E-state index contributed by atoms with van der Waals surface area (Å²) in [6.07, 6.45) is 2.17. The fourth-order valence-corrected chi connectivity index (χ4v) is 2.42. The average Bonchev–Trinajstić information content (AvgIpc) is 3.09. The maximum absolute atomic E-state index is 12.1. The Morgan fingerprint density at radius 3 is 3.00 bits per heavy atom. The molecule has 0 spiro atoms. The van der Waals surface area contributed by atoms with Crippen LogP contribution >= 0.6 is 11.5 Å². The largest absolute Gasteiger partial charge is 0.382 e. The van der Waals surface area contributed by atoms with E-state index in [-0.39, 0.29) is 17.8 Å². The minimum atomic E-state index is -0.139. The normalized spacial score (nSPS) is 16.1. The third-order valence-electron chi connectivity index (χ3n) is 2.86. The molecule has 19 heavy (non-hydrogen) atoms. The number of amides is 1. The van der Waals surface area contributed by atoms with Gasteiger partial charge in [0.2, 0.25) is 0 Å². The van der Waals surface area contributed by atoms with Crippen LogP contribution < -0.4 is 16.4 Å². The van der Waals surface area contributed by atoms with Crippen molar-refractivity contribution in [2.75, 3.05) is 24.2 Å². The first-order chi connectivity index (χ1) is 9.11. The summed E-state index contributed by atoms with van der Waals surface area (Å²) in [4.78, 5) is 12.1. The zero-order chi connectivity index (χ0) is 13.8. The Kier molecular flexibility index (Phi) is 4.60. The molecule has 1 aliphatic carbocycles. The number of ether oxygens (including phenoxy) is 1. The molecule has 1 amide bonds. The van der Waals surface area contributed by atoms with E-state index in [2.05, 4.69) is 15.0 Å². The first-order valence-electron chi connectivity index (χ1n) is 6.53. The molecular formula is C12H20N4O2S. The van der Waals surface area contributed by atoms with Crippen molar-refractivity contribution in [1.29, 1.82) is 0 Å². The number of carbonyl (C=O) groups is 1. The van der Waals surface area contributed by atoms with Gasteiger partial charge in [-0.05, 0) is 38.2 Å². The predicted octanol–water partition coefficient (Wildman–Crippen LogP) is 1.45. The van der Waals surface area contributed by atoms with Gasteiger partial charge in [0.15, 0.2) is 5.82 Å². The Morgan fingerprint density at radius 1 is 1.63 bits per heavy atom. The molecule has 106 valence electrons. The summed E-state index contributed by atoms with van der Waals surface area (Å²) in [7, 11) is 0. The molecule has 1 saturated carbocycles. The average molecular weight is 284 g/mol. The lowest BCUT2D eigenvalue weighted by Crippen LogP contribution is -2.27. The van der Waals surface area contributed by atoms with Crippen molar-refractivity contribution >= 4 is 28.3 Å². The quantitative estimate of drug-likeness (QED) is 0.705.